The standard InChI is InChI=1S/C15H24N2O/c1-5-17(6-2)15(18)13(4)16-11-14-9-7-8-12(3)10-14/h7-10,13,16H,5-6,11H2,1-4H3. The molecule has 100 valence electrons. The van der Waals surface area contributed by atoms with Crippen molar-refractivity contribution < 1.29 is 4.79 Å². The molecule has 0 aromatic heterocycles. The highest BCUT2D eigenvalue weighted by atomic mass is 16.2. The monoisotopic (exact) mass is 248 g/mol. The Bertz CT molecular complexity index is 386. The first-order valence-corrected chi connectivity index (χ1v) is 6.66. The average molecular weight is 248 g/mol. The van der Waals surface area contributed by atoms with Crippen LogP contribution >= 0.6 is 0 Å². The molecule has 0 aliphatic heterocycles. The van der Waals surface area contributed by atoms with E-state index in [9.17, 15) is 4.79 Å². The summed E-state index contributed by atoms with van der Waals surface area (Å²) in [5.74, 6) is 0.174. The smallest absolute Gasteiger partial charge is 0.239 e. The number of nitrogens with one attached hydrogen (secondary N) is 1. The van der Waals surface area contributed by atoms with E-state index in [4.69, 9.17) is 0 Å². The summed E-state index contributed by atoms with van der Waals surface area (Å²) in [6.07, 6.45) is 0. The Morgan fingerprint density at radius 1 is 1.33 bits per heavy atom. The number of rotatable bonds is 6. The van der Waals surface area contributed by atoms with Gasteiger partial charge in [-0.05, 0) is 33.3 Å². The van der Waals surface area contributed by atoms with Crippen LogP contribution in [0.3, 0.4) is 0 Å². The molecule has 1 atom stereocenters. The Morgan fingerprint density at radius 3 is 2.56 bits per heavy atom. The van der Waals surface area contributed by atoms with Crippen LogP contribution in [-0.2, 0) is 11.3 Å². The molecule has 1 rings (SSSR count). The molecule has 0 spiro atoms. The maximum absolute atomic E-state index is 12.1. The van der Waals surface area contributed by atoms with Gasteiger partial charge in [-0.1, -0.05) is 29.8 Å². The van der Waals surface area contributed by atoms with Crippen LogP contribution in [0, 0.1) is 6.92 Å². The third-order valence-electron chi connectivity index (χ3n) is 3.14. The van der Waals surface area contributed by atoms with E-state index in [2.05, 4.69) is 30.4 Å². The normalized spacial score (nSPS) is 12.2. The fourth-order valence-corrected chi connectivity index (χ4v) is 1.99. The summed E-state index contributed by atoms with van der Waals surface area (Å²) in [6.45, 7) is 10.3. The van der Waals surface area contributed by atoms with Crippen LogP contribution < -0.4 is 5.32 Å². The molecule has 0 radical (unpaired) electrons. The average Bonchev–Trinajstić information content (AvgIpc) is 2.37. The SMILES string of the molecule is CCN(CC)C(=O)C(C)NCc1cccc(C)c1. The van der Waals surface area contributed by atoms with Crippen molar-refractivity contribution in [2.24, 2.45) is 0 Å². The fraction of sp³-hybridized carbons (Fsp3) is 0.533. The number of carbonyl (C=O) groups is 1. The molecular weight excluding hydrogens is 224 g/mol. The van der Waals surface area contributed by atoms with Crippen LogP contribution in [0.1, 0.15) is 31.9 Å². The molecule has 3 heteroatoms. The van der Waals surface area contributed by atoms with Crippen molar-refractivity contribution in [3.05, 3.63) is 35.4 Å². The van der Waals surface area contributed by atoms with Gasteiger partial charge in [-0.25, -0.2) is 0 Å². The lowest BCUT2D eigenvalue weighted by molar-refractivity contribution is -0.132. The Kier molecular flexibility index (Phi) is 5.86. The summed E-state index contributed by atoms with van der Waals surface area (Å²) in [7, 11) is 0. The predicted molar refractivity (Wildman–Crippen MR) is 75.4 cm³/mol. The van der Waals surface area contributed by atoms with Crippen LogP contribution in [0.5, 0.6) is 0 Å². The van der Waals surface area contributed by atoms with Gasteiger partial charge in [0.05, 0.1) is 6.04 Å². The number of nitrogens with zero attached hydrogens (tertiary/aromatic N) is 1. The van der Waals surface area contributed by atoms with Gasteiger partial charge in [-0.3, -0.25) is 4.79 Å². The van der Waals surface area contributed by atoms with Gasteiger partial charge in [0, 0.05) is 19.6 Å². The second-order valence-electron chi connectivity index (χ2n) is 4.60. The molecule has 0 fully saturated rings. The number of hydrogen-bond acceptors (Lipinski definition) is 2. The van der Waals surface area contributed by atoms with Crippen LogP contribution in [0.25, 0.3) is 0 Å². The van der Waals surface area contributed by atoms with E-state index in [1.165, 1.54) is 11.1 Å². The van der Waals surface area contributed by atoms with E-state index in [0.717, 1.165) is 19.6 Å². The summed E-state index contributed by atoms with van der Waals surface area (Å²) in [4.78, 5) is 13.9. The van der Waals surface area contributed by atoms with Gasteiger partial charge in [0.2, 0.25) is 5.91 Å². The summed E-state index contributed by atoms with van der Waals surface area (Å²) >= 11 is 0. The predicted octanol–water partition coefficient (Wildman–Crippen LogP) is 2.34. The van der Waals surface area contributed by atoms with Crippen LogP contribution in [-0.4, -0.2) is 29.9 Å². The lowest BCUT2D eigenvalue weighted by Crippen LogP contribution is -2.44. The molecule has 1 unspecified atom stereocenters. The molecule has 1 N–H and O–H groups in total. The first-order valence-electron chi connectivity index (χ1n) is 6.66. The van der Waals surface area contributed by atoms with Gasteiger partial charge in [-0.2, -0.15) is 0 Å². The Hall–Kier alpha value is -1.35. The number of aryl methyl sites for hydroxylation is 1. The van der Waals surface area contributed by atoms with Crippen LogP contribution in [0.2, 0.25) is 0 Å². The molecule has 0 aliphatic carbocycles. The van der Waals surface area contributed by atoms with Gasteiger partial charge >= 0.3 is 0 Å². The molecule has 18 heavy (non-hydrogen) atoms. The molecule has 1 amide bonds. The third-order valence-corrected chi connectivity index (χ3v) is 3.14. The minimum Gasteiger partial charge on any atom is -0.342 e. The number of hydrogen-bond donors (Lipinski definition) is 1. The van der Waals surface area contributed by atoms with Crippen molar-refractivity contribution in [2.45, 2.75) is 40.3 Å². The number of carbonyl (C=O) groups excluding carboxylic acids is 1. The minimum atomic E-state index is -0.134. The van der Waals surface area contributed by atoms with Crippen molar-refractivity contribution in [3.63, 3.8) is 0 Å². The van der Waals surface area contributed by atoms with E-state index in [-0.39, 0.29) is 11.9 Å². The van der Waals surface area contributed by atoms with Crippen molar-refractivity contribution in [2.75, 3.05) is 13.1 Å². The molecule has 0 bridgehead atoms. The molecular formula is C15H24N2O. The molecule has 0 heterocycles. The second kappa shape index (κ2) is 7.17. The van der Waals surface area contributed by atoms with Gasteiger partial charge in [0.1, 0.15) is 0 Å². The topological polar surface area (TPSA) is 32.3 Å². The quantitative estimate of drug-likeness (QED) is 0.838. The summed E-state index contributed by atoms with van der Waals surface area (Å²) in [5.41, 5.74) is 2.46. The minimum absolute atomic E-state index is 0.134. The highest BCUT2D eigenvalue weighted by Crippen LogP contribution is 2.04. The van der Waals surface area contributed by atoms with E-state index < -0.39 is 0 Å². The summed E-state index contributed by atoms with van der Waals surface area (Å²) in [5, 5.41) is 3.28. The van der Waals surface area contributed by atoms with Gasteiger partial charge < -0.3 is 10.2 Å². The zero-order valence-corrected chi connectivity index (χ0v) is 11.9. The van der Waals surface area contributed by atoms with E-state index in [1.807, 2.05) is 31.7 Å². The Morgan fingerprint density at radius 2 is 2.00 bits per heavy atom. The Balaban J connectivity index is 2.50. The zero-order chi connectivity index (χ0) is 13.5. The van der Waals surface area contributed by atoms with Gasteiger partial charge in [0.25, 0.3) is 0 Å². The maximum atomic E-state index is 12.1. The molecule has 3 nitrogen and oxygen atoms in total. The van der Waals surface area contributed by atoms with Crippen molar-refractivity contribution >= 4 is 5.91 Å². The largest absolute Gasteiger partial charge is 0.342 e. The lowest BCUT2D eigenvalue weighted by atomic mass is 10.1. The number of amides is 1. The molecule has 0 saturated carbocycles. The van der Waals surface area contributed by atoms with Gasteiger partial charge in [0.15, 0.2) is 0 Å². The van der Waals surface area contributed by atoms with Crippen molar-refractivity contribution in [3.8, 4) is 0 Å². The maximum Gasteiger partial charge on any atom is 0.239 e. The van der Waals surface area contributed by atoms with Crippen LogP contribution in [0.15, 0.2) is 24.3 Å². The van der Waals surface area contributed by atoms with E-state index in [0.29, 0.717) is 0 Å². The molecule has 0 aliphatic rings. The van der Waals surface area contributed by atoms with E-state index in [1.54, 1.807) is 0 Å². The summed E-state index contributed by atoms with van der Waals surface area (Å²) in [6, 6.07) is 8.21. The van der Waals surface area contributed by atoms with Crippen molar-refractivity contribution in [1.82, 2.24) is 10.2 Å². The highest BCUT2D eigenvalue weighted by Gasteiger charge is 2.17. The first kappa shape index (κ1) is 14.7. The fourth-order valence-electron chi connectivity index (χ4n) is 1.99. The first-order chi connectivity index (χ1) is 8.58. The number of benzene rings is 1. The van der Waals surface area contributed by atoms with Crippen molar-refractivity contribution in [1.29, 1.82) is 0 Å². The third kappa shape index (κ3) is 4.15. The zero-order valence-electron chi connectivity index (χ0n) is 11.9. The molecule has 0 saturated heterocycles. The van der Waals surface area contributed by atoms with Crippen LogP contribution in [0.4, 0.5) is 0 Å². The molecule has 1 aromatic carbocycles. The highest BCUT2D eigenvalue weighted by molar-refractivity contribution is 5.81. The van der Waals surface area contributed by atoms with Gasteiger partial charge in [-0.15, -0.1) is 0 Å². The number of likely N-dealkylation sites (N-methyl/N-ethyl adjacent to an activating group) is 1. The Labute approximate surface area is 110 Å². The van der Waals surface area contributed by atoms with E-state index >= 15 is 0 Å². The summed E-state index contributed by atoms with van der Waals surface area (Å²) < 4.78 is 0. The second-order valence-corrected chi connectivity index (χ2v) is 4.60. The lowest BCUT2D eigenvalue weighted by Gasteiger charge is -2.23. The molecule has 1 aromatic rings.